The molecule has 0 bridgehead atoms. The molecular formula is C16H21N3O. The van der Waals surface area contributed by atoms with Crippen LogP contribution in [0.4, 0.5) is 6.01 Å². The molecule has 3 rings (SSSR count). The summed E-state index contributed by atoms with van der Waals surface area (Å²) in [5.74, 6) is 0. The van der Waals surface area contributed by atoms with Crippen molar-refractivity contribution in [1.29, 1.82) is 0 Å². The molecule has 2 aromatic rings. The Morgan fingerprint density at radius 1 is 1.30 bits per heavy atom. The second-order valence-electron chi connectivity index (χ2n) is 5.43. The Balaban J connectivity index is 1.49. The molecule has 4 nitrogen and oxygen atoms in total. The van der Waals surface area contributed by atoms with E-state index >= 15 is 0 Å². The van der Waals surface area contributed by atoms with Gasteiger partial charge in [-0.2, -0.15) is 4.98 Å². The van der Waals surface area contributed by atoms with Gasteiger partial charge < -0.3 is 14.6 Å². The standard InChI is InChI=1S/C16H21N3O/c1-19(10-9-13-5-3-2-4-6-13)16-18-15(12-20-16)11-17-14-7-8-14/h2-6,12,14,17H,7-11H2,1H3. The first-order valence-electron chi connectivity index (χ1n) is 7.24. The van der Waals surface area contributed by atoms with Crippen molar-refractivity contribution in [2.24, 2.45) is 0 Å². The number of rotatable bonds is 7. The van der Waals surface area contributed by atoms with Gasteiger partial charge in [-0.3, -0.25) is 0 Å². The Labute approximate surface area is 119 Å². The number of oxazole rings is 1. The monoisotopic (exact) mass is 271 g/mol. The van der Waals surface area contributed by atoms with Gasteiger partial charge in [0.1, 0.15) is 6.26 Å². The van der Waals surface area contributed by atoms with Crippen LogP contribution in [0.5, 0.6) is 0 Å². The lowest BCUT2D eigenvalue weighted by molar-refractivity contribution is 0.543. The largest absolute Gasteiger partial charge is 0.432 e. The maximum absolute atomic E-state index is 5.54. The average Bonchev–Trinajstić information content (AvgIpc) is 3.20. The summed E-state index contributed by atoms with van der Waals surface area (Å²) in [5.41, 5.74) is 2.32. The van der Waals surface area contributed by atoms with E-state index in [2.05, 4.69) is 39.5 Å². The smallest absolute Gasteiger partial charge is 0.297 e. The molecule has 0 aliphatic heterocycles. The van der Waals surface area contributed by atoms with Gasteiger partial charge in [-0.15, -0.1) is 0 Å². The van der Waals surface area contributed by atoms with Crippen LogP contribution in [0.3, 0.4) is 0 Å². The summed E-state index contributed by atoms with van der Waals surface area (Å²) in [6.07, 6.45) is 5.34. The second kappa shape index (κ2) is 6.09. The maximum Gasteiger partial charge on any atom is 0.297 e. The van der Waals surface area contributed by atoms with Gasteiger partial charge in [0, 0.05) is 26.2 Å². The van der Waals surface area contributed by atoms with Crippen LogP contribution in [0.1, 0.15) is 24.1 Å². The summed E-state index contributed by atoms with van der Waals surface area (Å²) in [6, 6.07) is 11.9. The zero-order chi connectivity index (χ0) is 13.8. The van der Waals surface area contributed by atoms with Crippen LogP contribution in [0, 0.1) is 0 Å². The van der Waals surface area contributed by atoms with Gasteiger partial charge in [0.15, 0.2) is 0 Å². The van der Waals surface area contributed by atoms with E-state index in [0.29, 0.717) is 12.1 Å². The lowest BCUT2D eigenvalue weighted by Gasteiger charge is -2.14. The van der Waals surface area contributed by atoms with E-state index in [1.165, 1.54) is 18.4 Å². The van der Waals surface area contributed by atoms with Gasteiger partial charge in [-0.25, -0.2) is 0 Å². The van der Waals surface area contributed by atoms with E-state index in [1.54, 1.807) is 6.26 Å². The van der Waals surface area contributed by atoms with Crippen LogP contribution < -0.4 is 10.2 Å². The third-order valence-corrected chi connectivity index (χ3v) is 3.59. The Morgan fingerprint density at radius 2 is 2.10 bits per heavy atom. The number of hydrogen-bond acceptors (Lipinski definition) is 4. The molecule has 1 aliphatic rings. The number of benzene rings is 1. The molecule has 1 aliphatic carbocycles. The van der Waals surface area contributed by atoms with Crippen molar-refractivity contribution in [3.8, 4) is 0 Å². The summed E-state index contributed by atoms with van der Waals surface area (Å²) < 4.78 is 5.54. The Kier molecular flexibility index (Phi) is 4.02. The van der Waals surface area contributed by atoms with E-state index in [9.17, 15) is 0 Å². The topological polar surface area (TPSA) is 41.3 Å². The third-order valence-electron chi connectivity index (χ3n) is 3.59. The molecule has 0 unspecified atom stereocenters. The van der Waals surface area contributed by atoms with Crippen molar-refractivity contribution in [3.05, 3.63) is 47.9 Å². The van der Waals surface area contributed by atoms with Gasteiger partial charge in [0.05, 0.1) is 5.69 Å². The molecule has 1 heterocycles. The summed E-state index contributed by atoms with van der Waals surface area (Å²) in [6.45, 7) is 1.71. The fourth-order valence-electron chi connectivity index (χ4n) is 2.13. The highest BCUT2D eigenvalue weighted by atomic mass is 16.4. The molecule has 1 aromatic carbocycles. The first-order valence-corrected chi connectivity index (χ1v) is 7.24. The molecule has 0 radical (unpaired) electrons. The summed E-state index contributed by atoms with van der Waals surface area (Å²) in [5, 5.41) is 3.44. The molecule has 0 spiro atoms. The maximum atomic E-state index is 5.54. The highest BCUT2D eigenvalue weighted by Gasteiger charge is 2.20. The number of aromatic nitrogens is 1. The molecule has 4 heteroatoms. The fraction of sp³-hybridized carbons (Fsp3) is 0.438. The Morgan fingerprint density at radius 3 is 2.85 bits per heavy atom. The van der Waals surface area contributed by atoms with E-state index in [1.807, 2.05) is 13.1 Å². The highest BCUT2D eigenvalue weighted by molar-refractivity contribution is 5.26. The molecule has 106 valence electrons. The number of nitrogens with one attached hydrogen (secondary N) is 1. The van der Waals surface area contributed by atoms with E-state index in [0.717, 1.165) is 25.2 Å². The van der Waals surface area contributed by atoms with Crippen LogP contribution in [0.25, 0.3) is 0 Å². The minimum absolute atomic E-state index is 0.700. The van der Waals surface area contributed by atoms with Crippen molar-refractivity contribution in [2.45, 2.75) is 31.8 Å². The second-order valence-corrected chi connectivity index (χ2v) is 5.43. The number of anilines is 1. The molecule has 1 aromatic heterocycles. The van der Waals surface area contributed by atoms with Crippen LogP contribution in [-0.4, -0.2) is 24.6 Å². The lowest BCUT2D eigenvalue weighted by atomic mass is 10.1. The normalized spacial score (nSPS) is 14.4. The zero-order valence-corrected chi connectivity index (χ0v) is 11.9. The van der Waals surface area contributed by atoms with E-state index in [-0.39, 0.29) is 0 Å². The quantitative estimate of drug-likeness (QED) is 0.840. The first-order chi connectivity index (χ1) is 9.81. The number of nitrogens with zero attached hydrogens (tertiary/aromatic N) is 2. The molecule has 0 atom stereocenters. The van der Waals surface area contributed by atoms with Gasteiger partial charge in [0.2, 0.25) is 0 Å². The van der Waals surface area contributed by atoms with Crippen LogP contribution in [-0.2, 0) is 13.0 Å². The highest BCUT2D eigenvalue weighted by Crippen LogP contribution is 2.20. The minimum Gasteiger partial charge on any atom is -0.432 e. The van der Waals surface area contributed by atoms with Crippen molar-refractivity contribution >= 4 is 6.01 Å². The average molecular weight is 271 g/mol. The number of likely N-dealkylation sites (N-methyl/N-ethyl adjacent to an activating group) is 1. The summed E-state index contributed by atoms with van der Waals surface area (Å²) >= 11 is 0. The van der Waals surface area contributed by atoms with Gasteiger partial charge in [0.25, 0.3) is 6.01 Å². The lowest BCUT2D eigenvalue weighted by Crippen LogP contribution is -2.21. The predicted molar refractivity (Wildman–Crippen MR) is 79.8 cm³/mol. The van der Waals surface area contributed by atoms with Crippen LogP contribution in [0.15, 0.2) is 41.0 Å². The SMILES string of the molecule is CN(CCc1ccccc1)c1nc(CNC2CC2)co1. The predicted octanol–water partition coefficient (Wildman–Crippen LogP) is 2.61. The minimum atomic E-state index is 0.700. The third kappa shape index (κ3) is 3.61. The van der Waals surface area contributed by atoms with E-state index < -0.39 is 0 Å². The first kappa shape index (κ1) is 13.2. The molecule has 1 fully saturated rings. The molecule has 0 saturated heterocycles. The van der Waals surface area contributed by atoms with Crippen molar-refractivity contribution in [3.63, 3.8) is 0 Å². The van der Waals surface area contributed by atoms with Crippen LogP contribution >= 0.6 is 0 Å². The molecule has 1 N–H and O–H groups in total. The fourth-order valence-corrected chi connectivity index (χ4v) is 2.13. The van der Waals surface area contributed by atoms with Crippen molar-refractivity contribution < 1.29 is 4.42 Å². The Hall–Kier alpha value is -1.81. The van der Waals surface area contributed by atoms with E-state index in [4.69, 9.17) is 4.42 Å². The Bertz CT molecular complexity index is 534. The van der Waals surface area contributed by atoms with Crippen molar-refractivity contribution in [2.75, 3.05) is 18.5 Å². The summed E-state index contributed by atoms with van der Waals surface area (Å²) in [7, 11) is 2.02. The number of hydrogen-bond donors (Lipinski definition) is 1. The molecule has 0 amide bonds. The van der Waals surface area contributed by atoms with Gasteiger partial charge >= 0.3 is 0 Å². The zero-order valence-electron chi connectivity index (χ0n) is 11.9. The van der Waals surface area contributed by atoms with Gasteiger partial charge in [-0.05, 0) is 24.8 Å². The van der Waals surface area contributed by atoms with Crippen LogP contribution in [0.2, 0.25) is 0 Å². The van der Waals surface area contributed by atoms with Gasteiger partial charge in [-0.1, -0.05) is 30.3 Å². The molecular weight excluding hydrogens is 250 g/mol. The molecule has 20 heavy (non-hydrogen) atoms. The molecule has 1 saturated carbocycles. The summed E-state index contributed by atoms with van der Waals surface area (Å²) in [4.78, 5) is 6.58. The van der Waals surface area contributed by atoms with Crippen molar-refractivity contribution in [1.82, 2.24) is 10.3 Å².